The Kier molecular flexibility index (Phi) is 18.0. The van der Waals surface area contributed by atoms with Crippen molar-refractivity contribution in [3.8, 4) is 34.5 Å². The van der Waals surface area contributed by atoms with Gasteiger partial charge in [-0.3, -0.25) is 0 Å². The van der Waals surface area contributed by atoms with Crippen molar-refractivity contribution in [2.24, 2.45) is 0 Å². The fraction of sp³-hybridized carbons (Fsp3) is 0.273. The second kappa shape index (κ2) is 24.3. The van der Waals surface area contributed by atoms with Gasteiger partial charge in [0.05, 0.1) is 35.5 Å². The Hall–Kier alpha value is -7.62. The van der Waals surface area contributed by atoms with Crippen molar-refractivity contribution in [1.82, 2.24) is 0 Å². The monoisotopic (exact) mass is 984 g/mol. The highest BCUT2D eigenvalue weighted by molar-refractivity contribution is 5.94. The van der Waals surface area contributed by atoms with Gasteiger partial charge in [0.15, 0.2) is 0 Å². The topological polar surface area (TPSA) is 124 Å². The molecule has 0 spiro atoms. The van der Waals surface area contributed by atoms with Gasteiger partial charge in [-0.15, -0.1) is 0 Å². The number of esters is 4. The van der Waals surface area contributed by atoms with Gasteiger partial charge in [0, 0.05) is 0 Å². The summed E-state index contributed by atoms with van der Waals surface area (Å²) in [4.78, 5) is 51.3. The molecule has 0 saturated heterocycles. The quantitative estimate of drug-likeness (QED) is 0.0281. The van der Waals surface area contributed by atoms with E-state index in [0.29, 0.717) is 49.0 Å². The first kappa shape index (κ1) is 52.7. The van der Waals surface area contributed by atoms with Crippen LogP contribution in [0.15, 0.2) is 146 Å². The van der Waals surface area contributed by atoms with E-state index in [1.807, 2.05) is 0 Å². The van der Waals surface area contributed by atoms with Gasteiger partial charge in [0.2, 0.25) is 5.41 Å². The fourth-order valence-corrected chi connectivity index (χ4v) is 7.32. The lowest BCUT2D eigenvalue weighted by molar-refractivity contribution is -0.288. The predicted molar refractivity (Wildman–Crippen MR) is 251 cm³/mol. The van der Waals surface area contributed by atoms with E-state index in [9.17, 15) is 45.5 Å². The molecule has 0 amide bonds. The van der Waals surface area contributed by atoms with E-state index in [1.54, 1.807) is 48.5 Å². The van der Waals surface area contributed by atoms with E-state index < -0.39 is 52.8 Å². The van der Waals surface area contributed by atoms with Crippen molar-refractivity contribution in [2.75, 3.05) is 13.2 Å². The molecule has 0 aliphatic rings. The molecule has 71 heavy (non-hydrogen) atoms. The molecule has 0 atom stereocenters. The third-order valence-electron chi connectivity index (χ3n) is 11.2. The molecule has 0 unspecified atom stereocenters. The van der Waals surface area contributed by atoms with Gasteiger partial charge in [-0.2, -0.15) is 26.3 Å². The lowest BCUT2D eigenvalue weighted by Gasteiger charge is -2.38. The Morgan fingerprint density at radius 2 is 0.577 bits per heavy atom. The summed E-state index contributed by atoms with van der Waals surface area (Å²) in [6, 6.07) is 28.4. The number of ether oxygens (including phenoxy) is 6. The summed E-state index contributed by atoms with van der Waals surface area (Å²) in [5.74, 6) is -2.72. The minimum Gasteiger partial charge on any atom is -0.494 e. The van der Waals surface area contributed by atoms with Crippen LogP contribution < -0.4 is 28.4 Å². The Morgan fingerprint density at radius 3 is 0.817 bits per heavy atom. The predicted octanol–water partition coefficient (Wildman–Crippen LogP) is 13.9. The van der Waals surface area contributed by atoms with E-state index in [1.165, 1.54) is 48.5 Å². The van der Waals surface area contributed by atoms with Crippen LogP contribution in [0.1, 0.15) is 118 Å². The summed E-state index contributed by atoms with van der Waals surface area (Å²) in [7, 11) is 0. The van der Waals surface area contributed by atoms with Crippen LogP contribution >= 0.6 is 0 Å². The number of benzene rings is 6. The van der Waals surface area contributed by atoms with Crippen molar-refractivity contribution in [2.45, 2.75) is 83.0 Å². The van der Waals surface area contributed by atoms with Gasteiger partial charge in [0.25, 0.3) is 0 Å². The Labute approximate surface area is 406 Å². The standard InChI is InChI=1S/C55H50F6O10/c1-3-5-7-9-35-66-43-23-11-37(12-24-43)49(62)68-45-27-15-39(16-28-45)51(64)70-47-31-19-41(20-32-47)53(54(56,57)58,55(59,60)61)42-21-33-48(34-22-42)71-52(65)40-17-29-46(30-18-40)69-50(63)38-13-25-44(26-14-38)67-36-10-8-6-4-2/h11-34H,3-10,35-36H2,1-2H3. The van der Waals surface area contributed by atoms with Crippen LogP contribution in [0.4, 0.5) is 26.3 Å². The fourth-order valence-electron chi connectivity index (χ4n) is 7.32. The molecule has 16 heteroatoms. The molecule has 0 saturated carbocycles. The molecule has 6 aromatic carbocycles. The number of alkyl halides is 6. The van der Waals surface area contributed by atoms with Crippen LogP contribution in [0, 0.1) is 0 Å². The second-order valence-electron chi connectivity index (χ2n) is 16.3. The first-order valence-corrected chi connectivity index (χ1v) is 22.9. The van der Waals surface area contributed by atoms with Gasteiger partial charge in [0.1, 0.15) is 34.5 Å². The number of carbonyl (C=O) groups is 4. The van der Waals surface area contributed by atoms with Crippen molar-refractivity contribution in [3.63, 3.8) is 0 Å². The summed E-state index contributed by atoms with van der Waals surface area (Å²) >= 11 is 0. The zero-order valence-corrected chi connectivity index (χ0v) is 38.8. The SMILES string of the molecule is CCCCCCOc1ccc(C(=O)Oc2ccc(C(=O)Oc3ccc(C(c4ccc(OC(=O)c5ccc(OC(=O)c6ccc(OCCCCCC)cc6)cc5)cc4)(C(F)(F)F)C(F)(F)F)cc3)cc2)cc1. The third-order valence-corrected chi connectivity index (χ3v) is 11.2. The molecule has 10 nitrogen and oxygen atoms in total. The van der Waals surface area contributed by atoms with E-state index in [4.69, 9.17) is 28.4 Å². The van der Waals surface area contributed by atoms with Crippen LogP contribution in [0.2, 0.25) is 0 Å². The average Bonchev–Trinajstić information content (AvgIpc) is 3.35. The molecule has 0 aliphatic carbocycles. The highest BCUT2D eigenvalue weighted by atomic mass is 19.4. The summed E-state index contributed by atoms with van der Waals surface area (Å²) in [5.41, 5.74) is -6.69. The molecule has 0 aromatic heterocycles. The Balaban J connectivity index is 1.05. The number of unbranched alkanes of at least 4 members (excludes halogenated alkanes) is 6. The van der Waals surface area contributed by atoms with Gasteiger partial charge >= 0.3 is 36.2 Å². The minimum absolute atomic E-state index is 0.0652. The normalized spacial score (nSPS) is 11.6. The van der Waals surface area contributed by atoms with E-state index in [2.05, 4.69) is 13.8 Å². The maximum atomic E-state index is 14.9. The van der Waals surface area contributed by atoms with Gasteiger partial charge in [-0.1, -0.05) is 76.6 Å². The van der Waals surface area contributed by atoms with E-state index in [0.717, 1.165) is 75.6 Å². The second-order valence-corrected chi connectivity index (χ2v) is 16.3. The maximum absolute atomic E-state index is 14.9. The summed E-state index contributed by atoms with van der Waals surface area (Å²) in [5, 5.41) is 0. The molecule has 0 radical (unpaired) electrons. The van der Waals surface area contributed by atoms with Crippen molar-refractivity contribution in [3.05, 3.63) is 179 Å². The van der Waals surface area contributed by atoms with Crippen LogP contribution in [0.3, 0.4) is 0 Å². The van der Waals surface area contributed by atoms with Gasteiger partial charge < -0.3 is 28.4 Å². The first-order valence-electron chi connectivity index (χ1n) is 22.9. The van der Waals surface area contributed by atoms with Crippen LogP contribution in [-0.2, 0) is 5.41 Å². The largest absolute Gasteiger partial charge is 0.494 e. The van der Waals surface area contributed by atoms with Gasteiger partial charge in [-0.05, 0) is 145 Å². The zero-order valence-electron chi connectivity index (χ0n) is 38.8. The van der Waals surface area contributed by atoms with Crippen molar-refractivity contribution in [1.29, 1.82) is 0 Å². The molecule has 0 bridgehead atoms. The molecule has 0 heterocycles. The molecular formula is C55H50F6O10. The molecule has 6 aromatic rings. The Bertz CT molecular complexity index is 2490. The number of carbonyl (C=O) groups excluding carboxylic acids is 4. The third kappa shape index (κ3) is 13.8. The molecule has 6 rings (SSSR count). The molecule has 372 valence electrons. The number of halogens is 6. The zero-order chi connectivity index (χ0) is 51.0. The number of hydrogen-bond donors (Lipinski definition) is 0. The number of hydrogen-bond acceptors (Lipinski definition) is 10. The van der Waals surface area contributed by atoms with E-state index >= 15 is 0 Å². The summed E-state index contributed by atoms with van der Waals surface area (Å²) in [6.45, 7) is 5.34. The molecule has 0 aliphatic heterocycles. The molecule has 0 N–H and O–H groups in total. The highest BCUT2D eigenvalue weighted by Crippen LogP contribution is 2.56. The van der Waals surface area contributed by atoms with Crippen LogP contribution in [-0.4, -0.2) is 49.4 Å². The first-order chi connectivity index (χ1) is 34.0. The van der Waals surface area contributed by atoms with Crippen molar-refractivity contribution >= 4 is 23.9 Å². The van der Waals surface area contributed by atoms with Crippen molar-refractivity contribution < 1.29 is 73.9 Å². The van der Waals surface area contributed by atoms with Crippen LogP contribution in [0.25, 0.3) is 0 Å². The van der Waals surface area contributed by atoms with E-state index in [-0.39, 0.29) is 45.3 Å². The Morgan fingerprint density at radius 1 is 0.338 bits per heavy atom. The molecular weight excluding hydrogens is 935 g/mol. The van der Waals surface area contributed by atoms with Gasteiger partial charge in [-0.25, -0.2) is 19.2 Å². The molecule has 0 fully saturated rings. The number of rotatable bonds is 22. The summed E-state index contributed by atoms with van der Waals surface area (Å²) < 4.78 is 122. The highest BCUT2D eigenvalue weighted by Gasteiger charge is 2.72. The van der Waals surface area contributed by atoms with Crippen LogP contribution in [0.5, 0.6) is 34.5 Å². The summed E-state index contributed by atoms with van der Waals surface area (Å²) in [6.07, 6.45) is -3.50. The maximum Gasteiger partial charge on any atom is 0.411 e. The lowest BCUT2D eigenvalue weighted by Crippen LogP contribution is -2.54. The average molecular weight is 985 g/mol. The smallest absolute Gasteiger partial charge is 0.411 e. The minimum atomic E-state index is -5.95. The lowest BCUT2D eigenvalue weighted by atomic mass is 9.73.